The van der Waals surface area contributed by atoms with Crippen molar-refractivity contribution in [3.05, 3.63) is 51.7 Å². The molecule has 0 spiro atoms. The Balaban J connectivity index is 1.79. The molecule has 1 aliphatic rings. The van der Waals surface area contributed by atoms with Crippen LogP contribution in [0.3, 0.4) is 0 Å². The van der Waals surface area contributed by atoms with Crippen molar-refractivity contribution < 1.29 is 5.11 Å². The lowest BCUT2D eigenvalue weighted by Crippen LogP contribution is -2.22. The highest BCUT2D eigenvalue weighted by Gasteiger charge is 2.25. The molecule has 0 fully saturated rings. The molecule has 1 aliphatic carbocycles. The topological polar surface area (TPSA) is 32.3 Å². The molecule has 1 heterocycles. The number of thiophene rings is 1. The summed E-state index contributed by atoms with van der Waals surface area (Å²) in [5.74, 6) is 0.445. The minimum Gasteiger partial charge on any atom is -0.508 e. The van der Waals surface area contributed by atoms with Crippen molar-refractivity contribution in [3.8, 4) is 5.75 Å². The van der Waals surface area contributed by atoms with Gasteiger partial charge in [0.05, 0.1) is 0 Å². The molecule has 0 saturated heterocycles. The van der Waals surface area contributed by atoms with Gasteiger partial charge in [-0.3, -0.25) is 0 Å². The SMILES string of the molecule is C[C@H](NC1CCc2c(O)cccc21)c1cccs1. The quantitative estimate of drug-likeness (QED) is 0.879. The van der Waals surface area contributed by atoms with Crippen LogP contribution < -0.4 is 5.32 Å². The van der Waals surface area contributed by atoms with E-state index in [-0.39, 0.29) is 0 Å². The molecule has 2 aromatic rings. The lowest BCUT2D eigenvalue weighted by atomic mass is 10.1. The van der Waals surface area contributed by atoms with Crippen molar-refractivity contribution in [1.29, 1.82) is 0 Å². The van der Waals surface area contributed by atoms with E-state index in [1.54, 1.807) is 17.4 Å². The number of rotatable bonds is 3. The van der Waals surface area contributed by atoms with E-state index in [2.05, 4.69) is 35.8 Å². The van der Waals surface area contributed by atoms with Gasteiger partial charge in [-0.1, -0.05) is 18.2 Å². The zero-order chi connectivity index (χ0) is 12.5. The maximum absolute atomic E-state index is 9.84. The van der Waals surface area contributed by atoms with Crippen LogP contribution in [0.5, 0.6) is 5.75 Å². The number of phenolic OH excluding ortho intramolecular Hbond substituents is 1. The zero-order valence-electron chi connectivity index (χ0n) is 10.4. The first kappa shape index (κ1) is 11.8. The summed E-state index contributed by atoms with van der Waals surface area (Å²) in [6, 6.07) is 10.8. The fourth-order valence-corrected chi connectivity index (χ4v) is 3.47. The predicted octanol–water partition coefficient (Wildman–Crippen LogP) is 3.79. The molecular formula is C15H17NOS. The summed E-state index contributed by atoms with van der Waals surface area (Å²) in [5, 5.41) is 15.6. The fraction of sp³-hybridized carbons (Fsp3) is 0.333. The first-order valence-electron chi connectivity index (χ1n) is 6.36. The molecule has 0 bridgehead atoms. The summed E-state index contributed by atoms with van der Waals surface area (Å²) >= 11 is 1.79. The van der Waals surface area contributed by atoms with Crippen LogP contribution in [0.4, 0.5) is 0 Å². The Morgan fingerprint density at radius 3 is 3.00 bits per heavy atom. The molecule has 3 heteroatoms. The van der Waals surface area contributed by atoms with E-state index >= 15 is 0 Å². The number of phenols is 1. The number of fused-ring (bicyclic) bond motifs is 1. The molecule has 1 unspecified atom stereocenters. The van der Waals surface area contributed by atoms with Crippen LogP contribution in [0, 0.1) is 0 Å². The molecule has 0 aliphatic heterocycles. The van der Waals surface area contributed by atoms with E-state index < -0.39 is 0 Å². The summed E-state index contributed by atoms with van der Waals surface area (Å²) in [4.78, 5) is 1.36. The Hall–Kier alpha value is -1.32. The normalized spacial score (nSPS) is 19.7. The van der Waals surface area contributed by atoms with E-state index in [1.807, 2.05) is 6.07 Å². The van der Waals surface area contributed by atoms with E-state index in [0.29, 0.717) is 17.8 Å². The van der Waals surface area contributed by atoms with E-state index in [4.69, 9.17) is 0 Å². The minimum absolute atomic E-state index is 0.364. The lowest BCUT2D eigenvalue weighted by Gasteiger charge is -2.19. The van der Waals surface area contributed by atoms with Gasteiger partial charge in [-0.05, 0) is 48.4 Å². The second kappa shape index (κ2) is 4.75. The zero-order valence-corrected chi connectivity index (χ0v) is 11.2. The Morgan fingerprint density at radius 2 is 2.22 bits per heavy atom. The van der Waals surface area contributed by atoms with Crippen LogP contribution in [0.2, 0.25) is 0 Å². The number of nitrogens with one attached hydrogen (secondary N) is 1. The van der Waals surface area contributed by atoms with Crippen LogP contribution in [0.15, 0.2) is 35.7 Å². The highest BCUT2D eigenvalue weighted by molar-refractivity contribution is 7.10. The molecule has 2 nitrogen and oxygen atoms in total. The standard InChI is InChI=1S/C15H17NOS/c1-10(15-6-3-9-18-15)16-13-8-7-12-11(13)4-2-5-14(12)17/h2-6,9-10,13,16-17H,7-8H2,1H3/t10-,13?/m0/s1. The first-order valence-corrected chi connectivity index (χ1v) is 7.24. The second-order valence-electron chi connectivity index (χ2n) is 4.84. The number of hydrogen-bond donors (Lipinski definition) is 2. The van der Waals surface area contributed by atoms with Gasteiger partial charge >= 0.3 is 0 Å². The third kappa shape index (κ3) is 2.04. The van der Waals surface area contributed by atoms with E-state index in [9.17, 15) is 5.11 Å². The Kier molecular flexibility index (Phi) is 3.10. The van der Waals surface area contributed by atoms with Crippen molar-refractivity contribution in [2.45, 2.75) is 31.8 Å². The van der Waals surface area contributed by atoms with Crippen molar-refractivity contribution in [1.82, 2.24) is 5.32 Å². The Morgan fingerprint density at radius 1 is 1.33 bits per heavy atom. The van der Waals surface area contributed by atoms with Crippen LogP contribution in [-0.2, 0) is 6.42 Å². The van der Waals surface area contributed by atoms with Gasteiger partial charge in [0.25, 0.3) is 0 Å². The number of hydrogen-bond acceptors (Lipinski definition) is 3. The van der Waals surface area contributed by atoms with E-state index in [0.717, 1.165) is 18.4 Å². The number of benzene rings is 1. The van der Waals surface area contributed by atoms with Gasteiger partial charge in [-0.25, -0.2) is 0 Å². The molecule has 0 saturated carbocycles. The first-order chi connectivity index (χ1) is 8.75. The molecule has 1 aromatic heterocycles. The summed E-state index contributed by atoms with van der Waals surface area (Å²) in [7, 11) is 0. The average molecular weight is 259 g/mol. The van der Waals surface area contributed by atoms with Crippen LogP contribution >= 0.6 is 11.3 Å². The summed E-state index contributed by atoms with van der Waals surface area (Å²) in [6.45, 7) is 2.20. The fourth-order valence-electron chi connectivity index (χ4n) is 2.73. The van der Waals surface area contributed by atoms with Gasteiger partial charge in [-0.15, -0.1) is 11.3 Å². The third-order valence-electron chi connectivity index (χ3n) is 3.67. The van der Waals surface area contributed by atoms with Crippen LogP contribution in [0.1, 0.15) is 41.4 Å². The molecule has 0 radical (unpaired) electrons. The van der Waals surface area contributed by atoms with Gasteiger partial charge in [0.2, 0.25) is 0 Å². The summed E-state index contributed by atoms with van der Waals surface area (Å²) in [6.07, 6.45) is 2.04. The number of aromatic hydroxyl groups is 1. The largest absolute Gasteiger partial charge is 0.508 e. The average Bonchev–Trinajstić information content (AvgIpc) is 2.99. The smallest absolute Gasteiger partial charge is 0.119 e. The van der Waals surface area contributed by atoms with Crippen LogP contribution in [-0.4, -0.2) is 5.11 Å². The van der Waals surface area contributed by atoms with E-state index in [1.165, 1.54) is 10.4 Å². The second-order valence-corrected chi connectivity index (χ2v) is 5.82. The monoisotopic (exact) mass is 259 g/mol. The minimum atomic E-state index is 0.364. The maximum atomic E-state index is 9.84. The highest BCUT2D eigenvalue weighted by Crippen LogP contribution is 2.37. The maximum Gasteiger partial charge on any atom is 0.119 e. The van der Waals surface area contributed by atoms with Gasteiger partial charge in [0, 0.05) is 17.0 Å². The lowest BCUT2D eigenvalue weighted by molar-refractivity contribution is 0.469. The van der Waals surface area contributed by atoms with Crippen molar-refractivity contribution in [3.63, 3.8) is 0 Å². The Bertz CT molecular complexity index is 535. The highest BCUT2D eigenvalue weighted by atomic mass is 32.1. The molecule has 2 N–H and O–H groups in total. The van der Waals surface area contributed by atoms with Gasteiger partial charge in [-0.2, -0.15) is 0 Å². The summed E-state index contributed by atoms with van der Waals surface area (Å²) in [5.41, 5.74) is 2.38. The molecule has 3 rings (SSSR count). The van der Waals surface area contributed by atoms with Crippen molar-refractivity contribution >= 4 is 11.3 Å². The van der Waals surface area contributed by atoms with Gasteiger partial charge in [0.1, 0.15) is 5.75 Å². The molecule has 1 aromatic carbocycles. The molecule has 2 atom stereocenters. The molecule has 94 valence electrons. The molecule has 0 amide bonds. The van der Waals surface area contributed by atoms with Gasteiger partial charge < -0.3 is 10.4 Å². The van der Waals surface area contributed by atoms with Crippen LogP contribution in [0.25, 0.3) is 0 Å². The molecular weight excluding hydrogens is 242 g/mol. The van der Waals surface area contributed by atoms with Gasteiger partial charge in [0.15, 0.2) is 0 Å². The third-order valence-corrected chi connectivity index (χ3v) is 4.72. The Labute approximate surface area is 111 Å². The van der Waals surface area contributed by atoms with Crippen molar-refractivity contribution in [2.75, 3.05) is 0 Å². The van der Waals surface area contributed by atoms with Crippen molar-refractivity contribution in [2.24, 2.45) is 0 Å². The predicted molar refractivity (Wildman–Crippen MR) is 75.0 cm³/mol. The summed E-state index contributed by atoms with van der Waals surface area (Å²) < 4.78 is 0. The molecule has 18 heavy (non-hydrogen) atoms.